The molecular weight excluding hydrogens is 320 g/mol. The van der Waals surface area contributed by atoms with Crippen molar-refractivity contribution in [3.8, 4) is 0 Å². The summed E-state index contributed by atoms with van der Waals surface area (Å²) in [6.45, 7) is 2.82. The zero-order chi connectivity index (χ0) is 16.8. The van der Waals surface area contributed by atoms with Gasteiger partial charge in [0.15, 0.2) is 0 Å². The highest BCUT2D eigenvalue weighted by Crippen LogP contribution is 2.20. The molecule has 0 atom stereocenters. The normalized spacial score (nSPS) is 14.3. The van der Waals surface area contributed by atoms with Gasteiger partial charge in [0, 0.05) is 36.4 Å². The third-order valence-corrected chi connectivity index (χ3v) is 4.42. The first-order valence-electron chi connectivity index (χ1n) is 8.26. The Hall–Kier alpha value is -2.26. The number of anilines is 1. The Morgan fingerprint density at radius 1 is 1.04 bits per heavy atom. The van der Waals surface area contributed by atoms with Crippen molar-refractivity contribution in [3.63, 3.8) is 0 Å². The molecule has 2 aromatic carbocycles. The second-order valence-corrected chi connectivity index (χ2v) is 6.40. The summed E-state index contributed by atoms with van der Waals surface area (Å²) >= 11 is 5.84. The largest absolute Gasteiger partial charge is 0.372 e. The summed E-state index contributed by atoms with van der Waals surface area (Å²) in [6, 6.07) is 15.8. The van der Waals surface area contributed by atoms with Crippen LogP contribution in [0.25, 0.3) is 6.08 Å². The molecule has 0 aliphatic carbocycles. The number of carbonyl (C=O) groups excluding carboxylic acids is 1. The van der Waals surface area contributed by atoms with E-state index in [2.05, 4.69) is 34.5 Å². The summed E-state index contributed by atoms with van der Waals surface area (Å²) in [5, 5.41) is 3.59. The van der Waals surface area contributed by atoms with E-state index in [1.807, 2.05) is 12.1 Å². The van der Waals surface area contributed by atoms with Crippen molar-refractivity contribution in [2.45, 2.75) is 19.4 Å². The highest BCUT2D eigenvalue weighted by molar-refractivity contribution is 6.30. The molecule has 0 bridgehead atoms. The average Bonchev–Trinajstić information content (AvgIpc) is 3.14. The smallest absolute Gasteiger partial charge is 0.244 e. The molecule has 3 nitrogen and oxygen atoms in total. The molecule has 1 aliphatic heterocycles. The van der Waals surface area contributed by atoms with Crippen LogP contribution in [0.4, 0.5) is 5.69 Å². The van der Waals surface area contributed by atoms with E-state index in [0.29, 0.717) is 11.6 Å². The van der Waals surface area contributed by atoms with Crippen LogP contribution in [0, 0.1) is 0 Å². The quantitative estimate of drug-likeness (QED) is 0.824. The first-order valence-corrected chi connectivity index (χ1v) is 8.64. The Labute approximate surface area is 147 Å². The van der Waals surface area contributed by atoms with E-state index in [1.165, 1.54) is 18.5 Å². The summed E-state index contributed by atoms with van der Waals surface area (Å²) in [5.41, 5.74) is 3.32. The molecule has 0 spiro atoms. The van der Waals surface area contributed by atoms with E-state index >= 15 is 0 Å². The zero-order valence-electron chi connectivity index (χ0n) is 13.5. The van der Waals surface area contributed by atoms with E-state index < -0.39 is 0 Å². The van der Waals surface area contributed by atoms with Crippen LogP contribution in [0.2, 0.25) is 5.02 Å². The van der Waals surface area contributed by atoms with Crippen molar-refractivity contribution in [3.05, 3.63) is 70.8 Å². The zero-order valence-corrected chi connectivity index (χ0v) is 14.3. The van der Waals surface area contributed by atoms with Crippen LogP contribution in [-0.4, -0.2) is 19.0 Å². The van der Waals surface area contributed by atoms with Gasteiger partial charge in [0.2, 0.25) is 5.91 Å². The van der Waals surface area contributed by atoms with Crippen LogP contribution in [0.15, 0.2) is 54.6 Å². The first-order chi connectivity index (χ1) is 11.7. The third-order valence-electron chi connectivity index (χ3n) is 4.17. The molecule has 2 aromatic rings. The molecule has 1 aliphatic rings. The predicted molar refractivity (Wildman–Crippen MR) is 100 cm³/mol. The molecule has 1 N–H and O–H groups in total. The first kappa shape index (κ1) is 16.6. The van der Waals surface area contributed by atoms with Gasteiger partial charge in [-0.15, -0.1) is 0 Å². The van der Waals surface area contributed by atoms with Crippen molar-refractivity contribution in [2.75, 3.05) is 18.0 Å². The lowest BCUT2D eigenvalue weighted by Gasteiger charge is -2.17. The maximum Gasteiger partial charge on any atom is 0.244 e. The van der Waals surface area contributed by atoms with Gasteiger partial charge in [-0.25, -0.2) is 0 Å². The van der Waals surface area contributed by atoms with Gasteiger partial charge in [-0.1, -0.05) is 35.9 Å². The van der Waals surface area contributed by atoms with Crippen molar-refractivity contribution in [2.24, 2.45) is 0 Å². The van der Waals surface area contributed by atoms with Gasteiger partial charge in [-0.3, -0.25) is 4.79 Å². The maximum absolute atomic E-state index is 11.9. The molecule has 0 saturated carbocycles. The topological polar surface area (TPSA) is 32.3 Å². The molecule has 0 aromatic heterocycles. The van der Waals surface area contributed by atoms with Crippen molar-refractivity contribution in [1.29, 1.82) is 0 Å². The molecule has 0 unspecified atom stereocenters. The molecular formula is C20H21ClN2O. The Kier molecular flexibility index (Phi) is 5.55. The number of carbonyl (C=O) groups is 1. The van der Waals surface area contributed by atoms with Gasteiger partial charge < -0.3 is 10.2 Å². The number of halogens is 1. The SMILES string of the molecule is O=C(/C=C/c1ccc(Cl)cc1)NCc1ccc(N2CCCC2)cc1. The monoisotopic (exact) mass is 340 g/mol. The highest BCUT2D eigenvalue weighted by Gasteiger charge is 2.11. The summed E-state index contributed by atoms with van der Waals surface area (Å²) in [6.07, 6.45) is 5.87. The van der Waals surface area contributed by atoms with E-state index in [-0.39, 0.29) is 5.91 Å². The van der Waals surface area contributed by atoms with Crippen molar-refractivity contribution >= 4 is 29.3 Å². The summed E-state index contributed by atoms with van der Waals surface area (Å²) < 4.78 is 0. The molecule has 24 heavy (non-hydrogen) atoms. The summed E-state index contributed by atoms with van der Waals surface area (Å²) in [5.74, 6) is -0.103. The molecule has 1 heterocycles. The highest BCUT2D eigenvalue weighted by atomic mass is 35.5. The number of nitrogens with one attached hydrogen (secondary N) is 1. The standard InChI is InChI=1S/C20H21ClN2O/c21-18-8-3-16(4-9-18)7-12-20(24)22-15-17-5-10-19(11-6-17)23-13-1-2-14-23/h3-12H,1-2,13-15H2,(H,22,24)/b12-7+. The van der Waals surface area contributed by atoms with Crippen LogP contribution < -0.4 is 10.2 Å². The molecule has 124 valence electrons. The van der Waals surface area contributed by atoms with Crippen LogP contribution in [0.3, 0.4) is 0 Å². The summed E-state index contributed by atoms with van der Waals surface area (Å²) in [4.78, 5) is 14.3. The lowest BCUT2D eigenvalue weighted by molar-refractivity contribution is -0.116. The Morgan fingerprint density at radius 2 is 1.71 bits per heavy atom. The number of benzene rings is 2. The minimum Gasteiger partial charge on any atom is -0.372 e. The molecule has 1 fully saturated rings. The van der Waals surface area contributed by atoms with Gasteiger partial charge in [0.1, 0.15) is 0 Å². The minimum absolute atomic E-state index is 0.103. The van der Waals surface area contributed by atoms with Crippen molar-refractivity contribution < 1.29 is 4.79 Å². The van der Waals surface area contributed by atoms with Gasteiger partial charge in [0.25, 0.3) is 0 Å². The fraction of sp³-hybridized carbons (Fsp3) is 0.250. The van der Waals surface area contributed by atoms with E-state index in [4.69, 9.17) is 11.6 Å². The molecule has 3 rings (SSSR count). The fourth-order valence-electron chi connectivity index (χ4n) is 2.79. The average molecular weight is 341 g/mol. The Morgan fingerprint density at radius 3 is 2.38 bits per heavy atom. The summed E-state index contributed by atoms with van der Waals surface area (Å²) in [7, 11) is 0. The molecule has 1 amide bonds. The van der Waals surface area contributed by atoms with E-state index in [1.54, 1.807) is 24.3 Å². The van der Waals surface area contributed by atoms with Crippen LogP contribution >= 0.6 is 11.6 Å². The van der Waals surface area contributed by atoms with Crippen molar-refractivity contribution in [1.82, 2.24) is 5.32 Å². The van der Waals surface area contributed by atoms with Crippen LogP contribution in [0.5, 0.6) is 0 Å². The molecule has 4 heteroatoms. The number of rotatable bonds is 5. The van der Waals surface area contributed by atoms with Crippen LogP contribution in [-0.2, 0) is 11.3 Å². The van der Waals surface area contributed by atoms with Gasteiger partial charge in [-0.05, 0) is 54.3 Å². The lowest BCUT2D eigenvalue weighted by Crippen LogP contribution is -2.20. The molecule has 1 saturated heterocycles. The van der Waals surface area contributed by atoms with E-state index in [9.17, 15) is 4.79 Å². The number of amides is 1. The second kappa shape index (κ2) is 8.02. The maximum atomic E-state index is 11.9. The van der Waals surface area contributed by atoms with Crippen LogP contribution in [0.1, 0.15) is 24.0 Å². The number of nitrogens with zero attached hydrogens (tertiary/aromatic N) is 1. The van der Waals surface area contributed by atoms with Gasteiger partial charge in [0.05, 0.1) is 0 Å². The number of hydrogen-bond donors (Lipinski definition) is 1. The third kappa shape index (κ3) is 4.62. The second-order valence-electron chi connectivity index (χ2n) is 5.96. The Bertz CT molecular complexity index is 701. The van der Waals surface area contributed by atoms with E-state index in [0.717, 1.165) is 24.2 Å². The molecule has 0 radical (unpaired) electrons. The number of hydrogen-bond acceptors (Lipinski definition) is 2. The van der Waals surface area contributed by atoms with Gasteiger partial charge in [-0.2, -0.15) is 0 Å². The fourth-order valence-corrected chi connectivity index (χ4v) is 2.92. The van der Waals surface area contributed by atoms with Gasteiger partial charge >= 0.3 is 0 Å². The lowest BCUT2D eigenvalue weighted by atomic mass is 10.2. The minimum atomic E-state index is -0.103. The Balaban J connectivity index is 1.49. The predicted octanol–water partition coefficient (Wildman–Crippen LogP) is 4.27.